The lowest BCUT2D eigenvalue weighted by atomic mass is 9.93. The number of hydrogen-bond donors (Lipinski definition) is 0. The normalized spacial score (nSPS) is 23.1. The average Bonchev–Trinajstić information content (AvgIpc) is 2.92. The van der Waals surface area contributed by atoms with Gasteiger partial charge in [-0.15, -0.1) is 0 Å². The van der Waals surface area contributed by atoms with E-state index in [1.54, 1.807) is 13.8 Å². The fourth-order valence-electron chi connectivity index (χ4n) is 3.00. The summed E-state index contributed by atoms with van der Waals surface area (Å²) >= 11 is 0. The van der Waals surface area contributed by atoms with Crippen molar-refractivity contribution in [1.82, 2.24) is 9.80 Å². The van der Waals surface area contributed by atoms with E-state index in [0.717, 1.165) is 32.2 Å². The Hall–Kier alpha value is -1.08. The van der Waals surface area contributed by atoms with E-state index in [1.807, 2.05) is 4.90 Å². The summed E-state index contributed by atoms with van der Waals surface area (Å²) in [5.74, 6) is -0.0175. The molecule has 0 atom stereocenters. The molecule has 4 nitrogen and oxygen atoms in total. The molecule has 0 N–H and O–H groups in total. The van der Waals surface area contributed by atoms with Gasteiger partial charge in [0.1, 0.15) is 5.41 Å². The van der Waals surface area contributed by atoms with Crippen molar-refractivity contribution in [3.63, 3.8) is 0 Å². The number of carbonyl (C=O) groups is 1. The molecule has 0 bridgehead atoms. The molecule has 0 spiro atoms. The molecule has 1 aliphatic carbocycles. The SMILES string of the molecule is CC(C)(C#N)C(=O)N1CCN(C2CCCC2)CC1. The van der Waals surface area contributed by atoms with Gasteiger partial charge in [0.05, 0.1) is 6.07 Å². The summed E-state index contributed by atoms with van der Waals surface area (Å²) in [6.07, 6.45) is 5.34. The van der Waals surface area contributed by atoms with Crippen LogP contribution in [0.1, 0.15) is 39.5 Å². The summed E-state index contributed by atoms with van der Waals surface area (Å²) < 4.78 is 0. The standard InChI is InChI=1S/C14H23N3O/c1-14(2,11-15)13(18)17-9-7-16(8-10-17)12-5-3-4-6-12/h12H,3-10H2,1-2H3. The monoisotopic (exact) mass is 249 g/mol. The quantitative estimate of drug-likeness (QED) is 0.747. The molecule has 0 aromatic heterocycles. The van der Waals surface area contributed by atoms with Crippen LogP contribution in [0.4, 0.5) is 0 Å². The van der Waals surface area contributed by atoms with E-state index in [2.05, 4.69) is 11.0 Å². The van der Waals surface area contributed by atoms with E-state index < -0.39 is 5.41 Å². The molecule has 4 heteroatoms. The number of nitrogens with zero attached hydrogens (tertiary/aromatic N) is 3. The number of piperazine rings is 1. The Morgan fingerprint density at radius 3 is 2.22 bits per heavy atom. The zero-order valence-electron chi connectivity index (χ0n) is 11.5. The van der Waals surface area contributed by atoms with E-state index in [1.165, 1.54) is 25.7 Å². The average molecular weight is 249 g/mol. The minimum absolute atomic E-state index is 0.0175. The Labute approximate surface area is 110 Å². The maximum Gasteiger partial charge on any atom is 0.242 e. The van der Waals surface area contributed by atoms with Crippen LogP contribution in [0.15, 0.2) is 0 Å². The van der Waals surface area contributed by atoms with Crippen LogP contribution < -0.4 is 0 Å². The third-order valence-electron chi connectivity index (χ3n) is 4.26. The lowest BCUT2D eigenvalue weighted by Gasteiger charge is -2.39. The van der Waals surface area contributed by atoms with Gasteiger partial charge in [-0.25, -0.2) is 0 Å². The summed E-state index contributed by atoms with van der Waals surface area (Å²) in [6.45, 7) is 6.91. The second-order valence-electron chi connectivity index (χ2n) is 6.00. The Bertz CT molecular complexity index is 345. The first-order valence-electron chi connectivity index (χ1n) is 6.99. The molecule has 1 aliphatic heterocycles. The number of amides is 1. The first kappa shape index (κ1) is 13.4. The van der Waals surface area contributed by atoms with Crippen LogP contribution in [0.25, 0.3) is 0 Å². The molecule has 0 radical (unpaired) electrons. The van der Waals surface area contributed by atoms with Crippen molar-refractivity contribution in [1.29, 1.82) is 5.26 Å². The maximum absolute atomic E-state index is 12.2. The topological polar surface area (TPSA) is 47.3 Å². The predicted octanol–water partition coefficient (Wildman–Crippen LogP) is 1.62. The van der Waals surface area contributed by atoms with Crippen LogP contribution in [0.2, 0.25) is 0 Å². The molecule has 0 unspecified atom stereocenters. The van der Waals surface area contributed by atoms with Crippen molar-refractivity contribution < 1.29 is 4.79 Å². The second-order valence-corrected chi connectivity index (χ2v) is 6.00. The van der Waals surface area contributed by atoms with Gasteiger partial charge in [0, 0.05) is 32.2 Å². The van der Waals surface area contributed by atoms with Crippen LogP contribution in [-0.2, 0) is 4.79 Å². The van der Waals surface area contributed by atoms with Crippen LogP contribution >= 0.6 is 0 Å². The van der Waals surface area contributed by atoms with Crippen LogP contribution in [0.3, 0.4) is 0 Å². The highest BCUT2D eigenvalue weighted by atomic mass is 16.2. The molecule has 2 rings (SSSR count). The van der Waals surface area contributed by atoms with E-state index >= 15 is 0 Å². The molecular formula is C14H23N3O. The molecule has 0 aromatic rings. The zero-order chi connectivity index (χ0) is 13.2. The van der Waals surface area contributed by atoms with Crippen LogP contribution in [0.5, 0.6) is 0 Å². The second kappa shape index (κ2) is 5.27. The number of carbonyl (C=O) groups excluding carboxylic acids is 1. The van der Waals surface area contributed by atoms with Crippen molar-refractivity contribution >= 4 is 5.91 Å². The van der Waals surface area contributed by atoms with Gasteiger partial charge in [-0.1, -0.05) is 12.8 Å². The van der Waals surface area contributed by atoms with Gasteiger partial charge in [0.25, 0.3) is 0 Å². The van der Waals surface area contributed by atoms with Crippen molar-refractivity contribution in [2.45, 2.75) is 45.6 Å². The van der Waals surface area contributed by atoms with Gasteiger partial charge in [0.2, 0.25) is 5.91 Å². The molecule has 100 valence electrons. The fraction of sp³-hybridized carbons (Fsp3) is 0.857. The van der Waals surface area contributed by atoms with Crippen molar-refractivity contribution in [2.75, 3.05) is 26.2 Å². The smallest absolute Gasteiger partial charge is 0.242 e. The maximum atomic E-state index is 12.2. The summed E-state index contributed by atoms with van der Waals surface area (Å²) in [5, 5.41) is 9.01. The van der Waals surface area contributed by atoms with Gasteiger partial charge in [0.15, 0.2) is 0 Å². The molecule has 2 fully saturated rings. The molecular weight excluding hydrogens is 226 g/mol. The molecule has 2 aliphatic rings. The number of hydrogen-bond acceptors (Lipinski definition) is 3. The van der Waals surface area contributed by atoms with Gasteiger partial charge in [-0.05, 0) is 26.7 Å². The molecule has 1 saturated heterocycles. The lowest BCUT2D eigenvalue weighted by Crippen LogP contribution is -2.53. The first-order chi connectivity index (χ1) is 8.54. The molecule has 18 heavy (non-hydrogen) atoms. The van der Waals surface area contributed by atoms with Gasteiger partial charge in [-0.2, -0.15) is 5.26 Å². The zero-order valence-corrected chi connectivity index (χ0v) is 11.5. The minimum atomic E-state index is -0.879. The summed E-state index contributed by atoms with van der Waals surface area (Å²) in [4.78, 5) is 16.5. The van der Waals surface area contributed by atoms with Gasteiger partial charge < -0.3 is 4.90 Å². The minimum Gasteiger partial charge on any atom is -0.339 e. The van der Waals surface area contributed by atoms with E-state index in [4.69, 9.17) is 5.26 Å². The van der Waals surface area contributed by atoms with E-state index in [0.29, 0.717) is 0 Å². The predicted molar refractivity (Wildman–Crippen MR) is 69.8 cm³/mol. The Kier molecular flexibility index (Phi) is 3.91. The third kappa shape index (κ3) is 2.67. The van der Waals surface area contributed by atoms with Crippen LogP contribution in [-0.4, -0.2) is 47.9 Å². The van der Waals surface area contributed by atoms with Gasteiger partial charge in [-0.3, -0.25) is 9.69 Å². The highest BCUT2D eigenvalue weighted by Crippen LogP contribution is 2.25. The summed E-state index contributed by atoms with van der Waals surface area (Å²) in [5.41, 5.74) is -0.879. The van der Waals surface area contributed by atoms with Gasteiger partial charge >= 0.3 is 0 Å². The summed E-state index contributed by atoms with van der Waals surface area (Å²) in [7, 11) is 0. The summed E-state index contributed by atoms with van der Waals surface area (Å²) in [6, 6.07) is 2.84. The largest absolute Gasteiger partial charge is 0.339 e. The molecule has 0 aromatic carbocycles. The Morgan fingerprint density at radius 2 is 1.72 bits per heavy atom. The van der Waals surface area contributed by atoms with Crippen LogP contribution in [0, 0.1) is 16.7 Å². The lowest BCUT2D eigenvalue weighted by molar-refractivity contribution is -0.139. The Balaban J connectivity index is 1.87. The number of nitriles is 1. The third-order valence-corrected chi connectivity index (χ3v) is 4.26. The highest BCUT2D eigenvalue weighted by Gasteiger charge is 2.35. The van der Waals surface area contributed by atoms with Crippen molar-refractivity contribution in [3.8, 4) is 6.07 Å². The van der Waals surface area contributed by atoms with Crippen molar-refractivity contribution in [3.05, 3.63) is 0 Å². The number of rotatable bonds is 2. The first-order valence-corrected chi connectivity index (χ1v) is 6.99. The molecule has 1 saturated carbocycles. The van der Waals surface area contributed by atoms with E-state index in [-0.39, 0.29) is 5.91 Å². The molecule has 1 heterocycles. The highest BCUT2D eigenvalue weighted by molar-refractivity contribution is 5.84. The van der Waals surface area contributed by atoms with E-state index in [9.17, 15) is 4.79 Å². The van der Waals surface area contributed by atoms with Crippen molar-refractivity contribution in [2.24, 2.45) is 5.41 Å². The Morgan fingerprint density at radius 1 is 1.17 bits per heavy atom. The molecule has 1 amide bonds. The fourth-order valence-corrected chi connectivity index (χ4v) is 3.00.